The van der Waals surface area contributed by atoms with Gasteiger partial charge in [0.15, 0.2) is 0 Å². The van der Waals surface area contributed by atoms with E-state index in [0.717, 1.165) is 19.3 Å². The Hall–Kier alpha value is -1.74. The summed E-state index contributed by atoms with van der Waals surface area (Å²) in [6.07, 6.45) is 14.4. The Balaban J connectivity index is 4.53. The summed E-state index contributed by atoms with van der Waals surface area (Å²) in [6, 6.07) is 0. The van der Waals surface area contributed by atoms with Crippen LogP contribution in [-0.2, 0) is 9.59 Å². The van der Waals surface area contributed by atoms with E-state index < -0.39 is 6.10 Å². The molecule has 0 rings (SSSR count). The van der Waals surface area contributed by atoms with Gasteiger partial charge in [-0.2, -0.15) is 0 Å². The van der Waals surface area contributed by atoms with Gasteiger partial charge in [0.25, 0.3) is 0 Å². The van der Waals surface area contributed by atoms with E-state index in [1.165, 1.54) is 12.5 Å². The minimum Gasteiger partial charge on any atom is -0.388 e. The van der Waals surface area contributed by atoms with Gasteiger partial charge in [-0.05, 0) is 45.1 Å². The van der Waals surface area contributed by atoms with Gasteiger partial charge < -0.3 is 5.11 Å². The van der Waals surface area contributed by atoms with E-state index in [2.05, 4.69) is 39.0 Å². The quantitative estimate of drug-likeness (QED) is 0.311. The van der Waals surface area contributed by atoms with Crippen LogP contribution in [0.15, 0.2) is 47.6 Å². The summed E-state index contributed by atoms with van der Waals surface area (Å²) >= 11 is 0. The molecule has 4 atom stereocenters. The minimum atomic E-state index is -0.816. The number of rotatable bonds is 13. The molecular weight excluding hydrogens is 348 g/mol. The number of ketones is 2. The Labute approximate surface area is 172 Å². The fourth-order valence-electron chi connectivity index (χ4n) is 2.96. The van der Waals surface area contributed by atoms with Gasteiger partial charge in [0.05, 0.1) is 6.10 Å². The van der Waals surface area contributed by atoms with Gasteiger partial charge in [-0.1, -0.05) is 76.1 Å². The lowest BCUT2D eigenvalue weighted by molar-refractivity contribution is -0.124. The number of aliphatic hydroxyl groups is 1. The van der Waals surface area contributed by atoms with Crippen molar-refractivity contribution in [3.05, 3.63) is 47.6 Å². The van der Waals surface area contributed by atoms with Crippen LogP contribution < -0.4 is 0 Å². The van der Waals surface area contributed by atoms with Gasteiger partial charge in [0.1, 0.15) is 11.6 Å². The molecule has 0 aromatic heterocycles. The molecule has 0 aliphatic heterocycles. The number of aliphatic hydroxyl groups excluding tert-OH is 1. The SMILES string of the molecule is CCC/C(C)=C/C=C/C=C/[C@@H](C)C[C@@H](C)C(=O)C[C@H](O)/C(C)=C/[C@@H](C)C(C)=O. The van der Waals surface area contributed by atoms with Crippen molar-refractivity contribution >= 4 is 11.6 Å². The fraction of sp³-hybridized carbons (Fsp3) is 0.600. The third-order valence-corrected chi connectivity index (χ3v) is 5.04. The first-order chi connectivity index (χ1) is 13.1. The summed E-state index contributed by atoms with van der Waals surface area (Å²) in [5, 5.41) is 10.3. The van der Waals surface area contributed by atoms with Crippen molar-refractivity contribution in [3.8, 4) is 0 Å². The second-order valence-corrected chi connectivity index (χ2v) is 8.14. The van der Waals surface area contributed by atoms with Crippen molar-refractivity contribution in [2.75, 3.05) is 0 Å². The third kappa shape index (κ3) is 11.9. The zero-order valence-electron chi connectivity index (χ0n) is 18.9. The van der Waals surface area contributed by atoms with E-state index >= 15 is 0 Å². The first-order valence-electron chi connectivity index (χ1n) is 10.5. The summed E-state index contributed by atoms with van der Waals surface area (Å²) < 4.78 is 0. The Morgan fingerprint density at radius 1 is 1.00 bits per heavy atom. The summed E-state index contributed by atoms with van der Waals surface area (Å²) in [6.45, 7) is 13.4. The molecule has 0 heterocycles. The monoisotopic (exact) mass is 388 g/mol. The molecule has 0 unspecified atom stereocenters. The van der Waals surface area contributed by atoms with E-state index in [9.17, 15) is 14.7 Å². The molecule has 0 fully saturated rings. The summed E-state index contributed by atoms with van der Waals surface area (Å²) in [7, 11) is 0. The topological polar surface area (TPSA) is 54.4 Å². The number of hydrogen-bond acceptors (Lipinski definition) is 3. The normalized spacial score (nSPS) is 17.7. The van der Waals surface area contributed by atoms with Crippen molar-refractivity contribution in [2.24, 2.45) is 17.8 Å². The maximum Gasteiger partial charge on any atom is 0.138 e. The largest absolute Gasteiger partial charge is 0.388 e. The van der Waals surface area contributed by atoms with Crippen LogP contribution >= 0.6 is 0 Å². The Morgan fingerprint density at radius 3 is 2.21 bits per heavy atom. The van der Waals surface area contributed by atoms with Crippen molar-refractivity contribution in [2.45, 2.75) is 80.3 Å². The van der Waals surface area contributed by atoms with Crippen molar-refractivity contribution in [1.29, 1.82) is 0 Å². The lowest BCUT2D eigenvalue weighted by Crippen LogP contribution is -2.21. The maximum atomic E-state index is 12.4. The molecule has 158 valence electrons. The summed E-state index contributed by atoms with van der Waals surface area (Å²) in [4.78, 5) is 23.8. The molecule has 0 aromatic rings. The summed E-state index contributed by atoms with van der Waals surface area (Å²) in [5.74, 6) is 0.0569. The molecule has 3 nitrogen and oxygen atoms in total. The molecule has 1 N–H and O–H groups in total. The van der Waals surface area contributed by atoms with Crippen LogP contribution in [0.25, 0.3) is 0 Å². The van der Waals surface area contributed by atoms with Crippen LogP contribution in [0.5, 0.6) is 0 Å². The van der Waals surface area contributed by atoms with Crippen LogP contribution in [0.1, 0.15) is 74.1 Å². The summed E-state index contributed by atoms with van der Waals surface area (Å²) in [5.41, 5.74) is 2.06. The number of carbonyl (C=O) groups excluding carboxylic acids is 2. The average molecular weight is 389 g/mol. The number of allylic oxidation sites excluding steroid dienone is 7. The van der Waals surface area contributed by atoms with Crippen molar-refractivity contribution in [3.63, 3.8) is 0 Å². The molecule has 0 saturated heterocycles. The predicted molar refractivity (Wildman–Crippen MR) is 119 cm³/mol. The van der Waals surface area contributed by atoms with Crippen LogP contribution in [0.4, 0.5) is 0 Å². The molecule has 28 heavy (non-hydrogen) atoms. The van der Waals surface area contributed by atoms with Crippen molar-refractivity contribution < 1.29 is 14.7 Å². The second-order valence-electron chi connectivity index (χ2n) is 8.14. The van der Waals surface area contributed by atoms with E-state index in [-0.39, 0.29) is 35.7 Å². The zero-order valence-corrected chi connectivity index (χ0v) is 18.9. The Morgan fingerprint density at radius 2 is 1.64 bits per heavy atom. The molecule has 0 amide bonds. The van der Waals surface area contributed by atoms with Crippen LogP contribution in [0.3, 0.4) is 0 Å². The van der Waals surface area contributed by atoms with Gasteiger partial charge in [-0.15, -0.1) is 0 Å². The van der Waals surface area contributed by atoms with Crippen LogP contribution in [0, 0.1) is 17.8 Å². The number of carbonyl (C=O) groups is 2. The molecular formula is C25H40O3. The van der Waals surface area contributed by atoms with Gasteiger partial charge in [-0.25, -0.2) is 0 Å². The highest BCUT2D eigenvalue weighted by Crippen LogP contribution is 2.19. The minimum absolute atomic E-state index is 0.0527. The number of Topliss-reactive ketones (excluding diaryl/α,β-unsaturated/α-hetero) is 2. The van der Waals surface area contributed by atoms with Gasteiger partial charge >= 0.3 is 0 Å². The highest BCUT2D eigenvalue weighted by atomic mass is 16.3. The van der Waals surface area contributed by atoms with Gasteiger partial charge in [-0.3, -0.25) is 9.59 Å². The first kappa shape index (κ1) is 26.3. The predicted octanol–water partition coefficient (Wildman–Crippen LogP) is 6.00. The fourth-order valence-corrected chi connectivity index (χ4v) is 2.96. The second kappa shape index (κ2) is 14.3. The van der Waals surface area contributed by atoms with E-state index in [1.807, 2.05) is 19.1 Å². The Bertz CT molecular complexity index is 607. The molecule has 0 bridgehead atoms. The first-order valence-corrected chi connectivity index (χ1v) is 10.5. The standard InChI is InChI=1S/C25H40O3/c1-8-12-18(2)13-10-9-11-14-19(3)15-21(5)24(27)17-25(28)22(6)16-20(4)23(7)26/h9-11,13-14,16,19-21,25,28H,8,12,15,17H2,1-7H3/b10-9+,14-11+,18-13+,22-16+/t19-,20-,21-,25+/m1/s1. The molecule has 0 aromatic carbocycles. The Kier molecular flexibility index (Phi) is 13.4. The lowest BCUT2D eigenvalue weighted by Gasteiger charge is -2.17. The van der Waals surface area contributed by atoms with Crippen LogP contribution in [-0.4, -0.2) is 22.8 Å². The van der Waals surface area contributed by atoms with Gasteiger partial charge in [0.2, 0.25) is 0 Å². The molecule has 0 aliphatic rings. The van der Waals surface area contributed by atoms with E-state index in [4.69, 9.17) is 0 Å². The maximum absolute atomic E-state index is 12.4. The highest BCUT2D eigenvalue weighted by Gasteiger charge is 2.20. The smallest absolute Gasteiger partial charge is 0.138 e. The molecule has 0 radical (unpaired) electrons. The lowest BCUT2D eigenvalue weighted by atomic mass is 9.89. The highest BCUT2D eigenvalue weighted by molar-refractivity contribution is 5.82. The number of hydrogen-bond donors (Lipinski definition) is 1. The third-order valence-electron chi connectivity index (χ3n) is 5.04. The van der Waals surface area contributed by atoms with Gasteiger partial charge in [0, 0.05) is 18.3 Å². The zero-order chi connectivity index (χ0) is 21.7. The van der Waals surface area contributed by atoms with E-state index in [1.54, 1.807) is 19.9 Å². The van der Waals surface area contributed by atoms with Crippen LogP contribution in [0.2, 0.25) is 0 Å². The van der Waals surface area contributed by atoms with E-state index in [0.29, 0.717) is 5.57 Å². The molecule has 0 spiro atoms. The van der Waals surface area contributed by atoms with Crippen molar-refractivity contribution in [1.82, 2.24) is 0 Å². The molecule has 0 saturated carbocycles. The molecule has 3 heteroatoms. The molecule has 0 aliphatic carbocycles. The average Bonchev–Trinajstić information content (AvgIpc) is 2.61.